The molecule has 0 fully saturated rings. The van der Waals surface area contributed by atoms with Gasteiger partial charge in [-0.3, -0.25) is 9.98 Å². The van der Waals surface area contributed by atoms with Gasteiger partial charge in [-0.25, -0.2) is 0 Å². The SMILES string of the molecule is COc1ccc(/C=C2/CCCN=C2c2cccnc2)c(OC)c1. The highest BCUT2D eigenvalue weighted by molar-refractivity contribution is 6.15. The molecule has 0 aliphatic carbocycles. The summed E-state index contributed by atoms with van der Waals surface area (Å²) in [5.74, 6) is 1.58. The maximum atomic E-state index is 5.49. The third-order valence-electron chi connectivity index (χ3n) is 3.88. The van der Waals surface area contributed by atoms with Gasteiger partial charge in [0.1, 0.15) is 11.5 Å². The van der Waals surface area contributed by atoms with Gasteiger partial charge in [0.15, 0.2) is 0 Å². The maximum absolute atomic E-state index is 5.49. The predicted octanol–water partition coefficient (Wildman–Crippen LogP) is 3.77. The van der Waals surface area contributed by atoms with E-state index >= 15 is 0 Å². The molecule has 118 valence electrons. The second kappa shape index (κ2) is 7.09. The van der Waals surface area contributed by atoms with E-state index in [0.29, 0.717) is 0 Å². The van der Waals surface area contributed by atoms with Gasteiger partial charge in [0.05, 0.1) is 19.9 Å². The van der Waals surface area contributed by atoms with Crippen LogP contribution in [0.4, 0.5) is 0 Å². The van der Waals surface area contributed by atoms with Crippen molar-refractivity contribution in [3.05, 3.63) is 59.4 Å². The predicted molar refractivity (Wildman–Crippen MR) is 92.4 cm³/mol. The van der Waals surface area contributed by atoms with Crippen molar-refractivity contribution in [2.75, 3.05) is 20.8 Å². The second-order valence-corrected chi connectivity index (χ2v) is 5.35. The molecule has 0 radical (unpaired) electrons. The van der Waals surface area contributed by atoms with Gasteiger partial charge in [0.25, 0.3) is 0 Å². The van der Waals surface area contributed by atoms with Gasteiger partial charge in [-0.05, 0) is 48.8 Å². The van der Waals surface area contributed by atoms with Crippen LogP contribution in [0.5, 0.6) is 11.5 Å². The molecule has 0 unspecified atom stereocenters. The van der Waals surface area contributed by atoms with E-state index in [0.717, 1.165) is 47.7 Å². The van der Waals surface area contributed by atoms with Crippen LogP contribution in [0.2, 0.25) is 0 Å². The molecule has 0 saturated heterocycles. The summed E-state index contributed by atoms with van der Waals surface area (Å²) in [4.78, 5) is 8.92. The summed E-state index contributed by atoms with van der Waals surface area (Å²) >= 11 is 0. The van der Waals surface area contributed by atoms with Gasteiger partial charge in [-0.1, -0.05) is 0 Å². The fraction of sp³-hybridized carbons (Fsp3) is 0.263. The molecule has 4 nitrogen and oxygen atoms in total. The number of nitrogens with zero attached hydrogens (tertiary/aromatic N) is 2. The summed E-state index contributed by atoms with van der Waals surface area (Å²) in [5.41, 5.74) is 4.34. The van der Waals surface area contributed by atoms with Crippen LogP contribution < -0.4 is 9.47 Å². The van der Waals surface area contributed by atoms with E-state index < -0.39 is 0 Å². The molecule has 0 saturated carbocycles. The largest absolute Gasteiger partial charge is 0.497 e. The lowest BCUT2D eigenvalue weighted by atomic mass is 9.94. The Kier molecular flexibility index (Phi) is 4.71. The normalized spacial score (nSPS) is 16.1. The lowest BCUT2D eigenvalue weighted by molar-refractivity contribution is 0.393. The molecule has 0 N–H and O–H groups in total. The highest BCUT2D eigenvalue weighted by atomic mass is 16.5. The first kappa shape index (κ1) is 15.3. The van der Waals surface area contributed by atoms with Crippen molar-refractivity contribution in [3.8, 4) is 11.5 Å². The van der Waals surface area contributed by atoms with Gasteiger partial charge >= 0.3 is 0 Å². The van der Waals surface area contributed by atoms with E-state index in [2.05, 4.69) is 17.1 Å². The van der Waals surface area contributed by atoms with Gasteiger partial charge in [-0.2, -0.15) is 0 Å². The van der Waals surface area contributed by atoms with E-state index in [4.69, 9.17) is 14.5 Å². The number of methoxy groups -OCH3 is 2. The molecule has 1 aromatic heterocycles. The van der Waals surface area contributed by atoms with Crippen molar-refractivity contribution in [3.63, 3.8) is 0 Å². The zero-order chi connectivity index (χ0) is 16.1. The summed E-state index contributed by atoms with van der Waals surface area (Å²) in [7, 11) is 3.33. The fourth-order valence-corrected chi connectivity index (χ4v) is 2.73. The summed E-state index contributed by atoms with van der Waals surface area (Å²) in [6, 6.07) is 9.85. The Labute approximate surface area is 136 Å². The molecule has 1 aliphatic heterocycles. The van der Waals surface area contributed by atoms with E-state index in [9.17, 15) is 0 Å². The van der Waals surface area contributed by atoms with Crippen LogP contribution in [-0.4, -0.2) is 31.5 Å². The topological polar surface area (TPSA) is 43.7 Å². The molecule has 4 heteroatoms. The molecule has 3 rings (SSSR count). The van der Waals surface area contributed by atoms with Crippen LogP contribution in [0.3, 0.4) is 0 Å². The van der Waals surface area contributed by atoms with E-state index in [1.54, 1.807) is 20.4 Å². The number of hydrogen-bond donors (Lipinski definition) is 0. The van der Waals surface area contributed by atoms with Crippen molar-refractivity contribution in [1.82, 2.24) is 4.98 Å². The molecule has 2 heterocycles. The monoisotopic (exact) mass is 308 g/mol. The molecule has 0 amide bonds. The molecular formula is C19H20N2O2. The number of ether oxygens (including phenoxy) is 2. The number of pyridine rings is 1. The third-order valence-corrected chi connectivity index (χ3v) is 3.88. The van der Waals surface area contributed by atoms with Crippen molar-refractivity contribution < 1.29 is 9.47 Å². The van der Waals surface area contributed by atoms with Crippen molar-refractivity contribution in [2.24, 2.45) is 4.99 Å². The van der Waals surface area contributed by atoms with Crippen molar-refractivity contribution in [2.45, 2.75) is 12.8 Å². The fourth-order valence-electron chi connectivity index (χ4n) is 2.73. The molecule has 0 bridgehead atoms. The Morgan fingerprint density at radius 2 is 2.04 bits per heavy atom. The Morgan fingerprint density at radius 3 is 2.78 bits per heavy atom. The summed E-state index contributed by atoms with van der Waals surface area (Å²) in [6.07, 6.45) is 7.87. The van der Waals surface area contributed by atoms with Gasteiger partial charge in [0, 0.05) is 36.1 Å². The third kappa shape index (κ3) is 3.42. The van der Waals surface area contributed by atoms with Gasteiger partial charge < -0.3 is 9.47 Å². The molecule has 23 heavy (non-hydrogen) atoms. The zero-order valence-electron chi connectivity index (χ0n) is 13.5. The molecule has 2 aromatic rings. The molecule has 0 atom stereocenters. The number of aromatic nitrogens is 1. The minimum absolute atomic E-state index is 0.786. The van der Waals surface area contributed by atoms with Crippen molar-refractivity contribution in [1.29, 1.82) is 0 Å². The average molecular weight is 308 g/mol. The minimum atomic E-state index is 0.786. The van der Waals surface area contributed by atoms with Crippen LogP contribution in [0.15, 0.2) is 53.3 Å². The Morgan fingerprint density at radius 1 is 1.13 bits per heavy atom. The molecule has 0 spiro atoms. The van der Waals surface area contributed by atoms with Crippen LogP contribution in [-0.2, 0) is 0 Å². The number of aliphatic imine (C=N–C) groups is 1. The zero-order valence-corrected chi connectivity index (χ0v) is 13.5. The first-order chi connectivity index (χ1) is 11.3. The van der Waals surface area contributed by atoms with Crippen molar-refractivity contribution >= 4 is 11.8 Å². The minimum Gasteiger partial charge on any atom is -0.497 e. The standard InChI is InChI=1S/C19H20N2O2/c1-22-17-8-7-14(18(12-17)23-2)11-15-5-4-10-21-19(15)16-6-3-9-20-13-16/h3,6-9,11-13H,4-5,10H2,1-2H3/b15-11-. The molecule has 1 aliphatic rings. The van der Waals surface area contributed by atoms with Crippen LogP contribution >= 0.6 is 0 Å². The van der Waals surface area contributed by atoms with E-state index in [-0.39, 0.29) is 0 Å². The van der Waals surface area contributed by atoms with Crippen LogP contribution in [0, 0.1) is 0 Å². The Bertz CT molecular complexity index is 736. The first-order valence-electron chi connectivity index (χ1n) is 7.69. The number of allylic oxidation sites excluding steroid dienone is 1. The maximum Gasteiger partial charge on any atom is 0.129 e. The summed E-state index contributed by atoms with van der Waals surface area (Å²) < 4.78 is 10.8. The van der Waals surface area contributed by atoms with Gasteiger partial charge in [-0.15, -0.1) is 0 Å². The number of rotatable bonds is 4. The smallest absolute Gasteiger partial charge is 0.129 e. The number of benzene rings is 1. The van der Waals surface area contributed by atoms with E-state index in [1.165, 1.54) is 5.57 Å². The highest BCUT2D eigenvalue weighted by Crippen LogP contribution is 2.29. The molecule has 1 aromatic carbocycles. The van der Waals surface area contributed by atoms with Crippen LogP contribution in [0.1, 0.15) is 24.0 Å². The number of hydrogen-bond acceptors (Lipinski definition) is 4. The quantitative estimate of drug-likeness (QED) is 0.863. The highest BCUT2D eigenvalue weighted by Gasteiger charge is 2.15. The summed E-state index contributed by atoms with van der Waals surface area (Å²) in [5, 5.41) is 0. The van der Waals surface area contributed by atoms with Crippen LogP contribution in [0.25, 0.3) is 6.08 Å². The Hall–Kier alpha value is -2.62. The Balaban J connectivity index is 2.00. The molecular weight excluding hydrogens is 288 g/mol. The first-order valence-corrected chi connectivity index (χ1v) is 7.69. The second-order valence-electron chi connectivity index (χ2n) is 5.35. The average Bonchev–Trinajstić information content (AvgIpc) is 2.63. The van der Waals surface area contributed by atoms with E-state index in [1.807, 2.05) is 30.5 Å². The lowest BCUT2D eigenvalue weighted by Gasteiger charge is -2.17. The lowest BCUT2D eigenvalue weighted by Crippen LogP contribution is -2.12. The summed E-state index contributed by atoms with van der Waals surface area (Å²) in [6.45, 7) is 0.862. The van der Waals surface area contributed by atoms with Gasteiger partial charge in [0.2, 0.25) is 0 Å².